The topological polar surface area (TPSA) is 95.6 Å². The van der Waals surface area contributed by atoms with Crippen molar-refractivity contribution in [2.75, 3.05) is 17.3 Å². The lowest BCUT2D eigenvalue weighted by Crippen LogP contribution is -2.50. The molecular weight excluding hydrogens is 498 g/mol. The van der Waals surface area contributed by atoms with Crippen molar-refractivity contribution in [3.8, 4) is 5.75 Å². The molecule has 1 aliphatic heterocycles. The van der Waals surface area contributed by atoms with Gasteiger partial charge in [0.25, 0.3) is 5.91 Å². The van der Waals surface area contributed by atoms with Gasteiger partial charge in [-0.15, -0.1) is 11.3 Å². The molecule has 8 nitrogen and oxygen atoms in total. The molecule has 1 fully saturated rings. The lowest BCUT2D eigenvalue weighted by atomic mass is 9.90. The van der Waals surface area contributed by atoms with Crippen LogP contribution in [-0.2, 0) is 0 Å². The fourth-order valence-electron chi connectivity index (χ4n) is 5.64. The summed E-state index contributed by atoms with van der Waals surface area (Å²) in [5, 5.41) is 10.3. The van der Waals surface area contributed by atoms with Crippen LogP contribution in [0.25, 0.3) is 10.2 Å². The first-order chi connectivity index (χ1) is 18.4. The van der Waals surface area contributed by atoms with Gasteiger partial charge in [-0.25, -0.2) is 9.78 Å². The van der Waals surface area contributed by atoms with Crippen molar-refractivity contribution in [3.05, 3.63) is 64.9 Å². The number of ether oxygens (including phenoxy) is 1. The number of benzene rings is 1. The van der Waals surface area contributed by atoms with E-state index in [4.69, 9.17) is 4.74 Å². The maximum absolute atomic E-state index is 13.5. The molecule has 0 saturated heterocycles. The Bertz CT molecular complexity index is 1490. The number of nitrogens with one attached hydrogen (secondary N) is 3. The van der Waals surface area contributed by atoms with Crippen molar-refractivity contribution in [2.24, 2.45) is 5.92 Å². The average Bonchev–Trinajstić information content (AvgIpc) is 3.49. The molecule has 3 atom stereocenters. The Balaban J connectivity index is 1.32. The Hall–Kier alpha value is -3.69. The van der Waals surface area contributed by atoms with Gasteiger partial charge >= 0.3 is 6.03 Å². The Morgan fingerprint density at radius 1 is 1.18 bits per heavy atom. The van der Waals surface area contributed by atoms with Gasteiger partial charge in [0.05, 0.1) is 22.4 Å². The van der Waals surface area contributed by atoms with E-state index in [2.05, 4.69) is 33.9 Å². The first-order valence-electron chi connectivity index (χ1n) is 13.1. The Kier molecular flexibility index (Phi) is 6.41. The van der Waals surface area contributed by atoms with E-state index in [9.17, 15) is 9.59 Å². The van der Waals surface area contributed by atoms with Crippen molar-refractivity contribution < 1.29 is 14.3 Å². The van der Waals surface area contributed by atoms with Gasteiger partial charge < -0.3 is 20.7 Å². The summed E-state index contributed by atoms with van der Waals surface area (Å²) in [6.07, 6.45) is 12.0. The Labute approximate surface area is 225 Å². The first kappa shape index (κ1) is 24.6. The van der Waals surface area contributed by atoms with E-state index in [1.54, 1.807) is 11.1 Å². The SMILES string of the molecule is CNC1CCCCC1NC(=O)c1sc2nccc3c2c1NC(=O)N3c1ccc(OC2=CC=CC2C)cc1C. The molecule has 2 aromatic heterocycles. The number of rotatable bonds is 6. The number of urea groups is 1. The van der Waals surface area contributed by atoms with Crippen LogP contribution in [0.5, 0.6) is 5.75 Å². The van der Waals surface area contributed by atoms with Gasteiger partial charge in [-0.05, 0) is 62.7 Å². The van der Waals surface area contributed by atoms with E-state index >= 15 is 0 Å². The van der Waals surface area contributed by atoms with Crippen LogP contribution in [0.15, 0.2) is 54.4 Å². The molecule has 1 aromatic carbocycles. The van der Waals surface area contributed by atoms with Crippen LogP contribution in [0.4, 0.5) is 21.9 Å². The summed E-state index contributed by atoms with van der Waals surface area (Å²) in [6, 6.07) is 7.55. The number of thiophene rings is 1. The number of hydrogen-bond donors (Lipinski definition) is 3. The van der Waals surface area contributed by atoms with E-state index in [0.29, 0.717) is 21.1 Å². The fourth-order valence-corrected chi connectivity index (χ4v) is 6.66. The lowest BCUT2D eigenvalue weighted by Gasteiger charge is -2.32. The molecular formula is C29H31N5O3S. The van der Waals surface area contributed by atoms with Crippen molar-refractivity contribution in [2.45, 2.75) is 51.6 Å². The summed E-state index contributed by atoms with van der Waals surface area (Å²) < 4.78 is 6.08. The normalized spacial score (nSPS) is 22.4. The van der Waals surface area contributed by atoms with E-state index in [1.807, 2.05) is 50.4 Å². The molecule has 0 bridgehead atoms. The molecule has 1 saturated carbocycles. The van der Waals surface area contributed by atoms with Crippen LogP contribution in [0.3, 0.4) is 0 Å². The molecule has 9 heteroatoms. The zero-order valence-corrected chi connectivity index (χ0v) is 22.5. The molecule has 196 valence electrons. The van der Waals surface area contributed by atoms with Gasteiger partial charge in [0, 0.05) is 24.2 Å². The zero-order valence-electron chi connectivity index (χ0n) is 21.7. The quantitative estimate of drug-likeness (QED) is 0.363. The largest absolute Gasteiger partial charge is 0.461 e. The maximum atomic E-state index is 13.5. The predicted octanol–water partition coefficient (Wildman–Crippen LogP) is 6.02. The van der Waals surface area contributed by atoms with Gasteiger partial charge in [-0.3, -0.25) is 9.69 Å². The highest BCUT2D eigenvalue weighted by atomic mass is 32.1. The number of aromatic nitrogens is 1. The molecule has 0 radical (unpaired) electrons. The lowest BCUT2D eigenvalue weighted by molar-refractivity contribution is 0.0921. The standard InChI is InChI=1S/C29H31N5O3S/c1-16-7-6-10-23(16)37-18-11-12-21(17(2)15-18)34-22-13-14-31-28-24(22)25(33-29(34)36)26(38-28)27(35)32-20-9-5-4-8-19(20)30-3/h6-7,10-16,19-20,30H,4-5,8-9H2,1-3H3,(H,32,35)(H,33,36). The highest BCUT2D eigenvalue weighted by Crippen LogP contribution is 2.46. The third-order valence-electron chi connectivity index (χ3n) is 7.66. The van der Waals surface area contributed by atoms with Crippen molar-refractivity contribution in [3.63, 3.8) is 0 Å². The minimum Gasteiger partial charge on any atom is -0.461 e. The smallest absolute Gasteiger partial charge is 0.331 e. The third-order valence-corrected chi connectivity index (χ3v) is 8.76. The molecule has 38 heavy (non-hydrogen) atoms. The van der Waals surface area contributed by atoms with Crippen molar-refractivity contribution >= 4 is 50.6 Å². The molecule has 3 heterocycles. The number of allylic oxidation sites excluding steroid dienone is 3. The molecule has 3 aliphatic rings. The Morgan fingerprint density at radius 2 is 2.00 bits per heavy atom. The Morgan fingerprint density at radius 3 is 2.74 bits per heavy atom. The summed E-state index contributed by atoms with van der Waals surface area (Å²) in [4.78, 5) is 34.3. The molecule has 3 aromatic rings. The fraction of sp³-hybridized carbons (Fsp3) is 0.345. The summed E-state index contributed by atoms with van der Waals surface area (Å²) >= 11 is 1.31. The van der Waals surface area contributed by atoms with Gasteiger partial charge in [-0.2, -0.15) is 0 Å². The molecule has 0 spiro atoms. The number of carbonyl (C=O) groups excluding carboxylic acids is 2. The van der Waals surface area contributed by atoms with Crippen LogP contribution >= 0.6 is 11.3 Å². The molecule has 2 aliphatic carbocycles. The molecule has 3 unspecified atom stereocenters. The average molecular weight is 530 g/mol. The number of anilines is 3. The highest BCUT2D eigenvalue weighted by Gasteiger charge is 2.34. The van der Waals surface area contributed by atoms with Gasteiger partial charge in [0.15, 0.2) is 0 Å². The minimum atomic E-state index is -0.309. The second-order valence-electron chi connectivity index (χ2n) is 10.1. The summed E-state index contributed by atoms with van der Waals surface area (Å²) in [6.45, 7) is 4.05. The number of pyridine rings is 1. The number of carbonyl (C=O) groups is 2. The van der Waals surface area contributed by atoms with E-state index < -0.39 is 0 Å². The predicted molar refractivity (Wildman–Crippen MR) is 152 cm³/mol. The molecule has 3 amide bonds. The summed E-state index contributed by atoms with van der Waals surface area (Å²) in [5.74, 6) is 1.69. The van der Waals surface area contributed by atoms with Gasteiger partial charge in [0.2, 0.25) is 0 Å². The second-order valence-corrected chi connectivity index (χ2v) is 11.1. The maximum Gasteiger partial charge on any atom is 0.331 e. The van der Waals surface area contributed by atoms with Crippen molar-refractivity contribution in [1.29, 1.82) is 0 Å². The van der Waals surface area contributed by atoms with E-state index in [1.165, 1.54) is 11.3 Å². The zero-order chi connectivity index (χ0) is 26.4. The van der Waals surface area contributed by atoms with Gasteiger partial charge in [-0.1, -0.05) is 31.9 Å². The van der Waals surface area contributed by atoms with Crippen molar-refractivity contribution in [1.82, 2.24) is 15.6 Å². The van der Waals surface area contributed by atoms with Crippen LogP contribution in [-0.4, -0.2) is 36.1 Å². The number of amides is 3. The minimum absolute atomic E-state index is 0.0593. The highest BCUT2D eigenvalue weighted by molar-refractivity contribution is 7.21. The van der Waals surface area contributed by atoms with Crippen LogP contribution < -0.4 is 25.6 Å². The van der Waals surface area contributed by atoms with E-state index in [-0.39, 0.29) is 29.9 Å². The summed E-state index contributed by atoms with van der Waals surface area (Å²) in [5.41, 5.74) is 2.89. The van der Waals surface area contributed by atoms with Crippen LogP contribution in [0.1, 0.15) is 47.8 Å². The van der Waals surface area contributed by atoms with Crippen LogP contribution in [0.2, 0.25) is 0 Å². The first-order valence-corrected chi connectivity index (χ1v) is 13.9. The van der Waals surface area contributed by atoms with E-state index in [0.717, 1.165) is 53.8 Å². The molecule has 3 N–H and O–H groups in total. The third kappa shape index (κ3) is 4.25. The monoisotopic (exact) mass is 529 g/mol. The number of likely N-dealkylation sites (N-methyl/N-ethyl adjacent to an activating group) is 1. The number of hydrogen-bond acceptors (Lipinski definition) is 6. The van der Waals surface area contributed by atoms with Crippen LogP contribution in [0, 0.1) is 12.8 Å². The number of aryl methyl sites for hydroxylation is 1. The summed E-state index contributed by atoms with van der Waals surface area (Å²) in [7, 11) is 1.94. The molecule has 6 rings (SSSR count). The second kappa shape index (κ2) is 9.89. The van der Waals surface area contributed by atoms with Gasteiger partial charge in [0.1, 0.15) is 21.2 Å². The number of nitrogens with zero attached hydrogens (tertiary/aromatic N) is 2.